The van der Waals surface area contributed by atoms with Crippen LogP contribution in [0.25, 0.3) is 0 Å². The van der Waals surface area contributed by atoms with Crippen LogP contribution in [0.2, 0.25) is 0 Å². The second-order valence-corrected chi connectivity index (χ2v) is 3.91. The van der Waals surface area contributed by atoms with Crippen molar-refractivity contribution in [3.05, 3.63) is 40.6 Å². The highest BCUT2D eigenvalue weighted by Gasteiger charge is 2.34. The summed E-state index contributed by atoms with van der Waals surface area (Å²) in [5, 5.41) is 13.7. The second-order valence-electron chi connectivity index (χ2n) is 3.91. The van der Waals surface area contributed by atoms with E-state index in [1.807, 2.05) is 12.3 Å². The van der Waals surface area contributed by atoms with E-state index in [9.17, 15) is 10.1 Å². The average molecular weight is 231 g/mol. The van der Waals surface area contributed by atoms with Crippen LogP contribution in [0.5, 0.6) is 5.75 Å². The van der Waals surface area contributed by atoms with Gasteiger partial charge in [0, 0.05) is 18.6 Å². The number of hydrogen-bond acceptors (Lipinski definition) is 5. The zero-order valence-electron chi connectivity index (χ0n) is 8.79. The van der Waals surface area contributed by atoms with Gasteiger partial charge in [-0.3, -0.25) is 15.1 Å². The monoisotopic (exact) mass is 231 g/mol. The first-order valence-electron chi connectivity index (χ1n) is 5.14. The van der Waals surface area contributed by atoms with Gasteiger partial charge in [0.05, 0.1) is 11.1 Å². The highest BCUT2D eigenvalue weighted by atomic mass is 16.6. The molecule has 0 saturated heterocycles. The van der Waals surface area contributed by atoms with Crippen LogP contribution in [0, 0.1) is 10.1 Å². The molecule has 86 valence electrons. The maximum absolute atomic E-state index is 10.6. The molecule has 2 aliphatic rings. The molecule has 0 bridgehead atoms. The molecule has 2 heterocycles. The minimum absolute atomic E-state index is 0.0120. The van der Waals surface area contributed by atoms with E-state index in [0.717, 1.165) is 0 Å². The van der Waals surface area contributed by atoms with Crippen LogP contribution in [0.15, 0.2) is 35.5 Å². The summed E-state index contributed by atoms with van der Waals surface area (Å²) in [6.07, 6.45) is 6.08. The van der Waals surface area contributed by atoms with Gasteiger partial charge in [0.2, 0.25) is 5.72 Å². The van der Waals surface area contributed by atoms with Gasteiger partial charge in [0.15, 0.2) is 0 Å². The summed E-state index contributed by atoms with van der Waals surface area (Å²) < 4.78 is 5.77. The maximum atomic E-state index is 10.6. The van der Waals surface area contributed by atoms with Crippen LogP contribution >= 0.6 is 0 Å². The molecule has 0 fully saturated rings. The zero-order valence-corrected chi connectivity index (χ0v) is 8.79. The molecule has 1 spiro atoms. The van der Waals surface area contributed by atoms with Gasteiger partial charge in [0.25, 0.3) is 5.69 Å². The van der Waals surface area contributed by atoms with Gasteiger partial charge in [-0.2, -0.15) is 0 Å². The van der Waals surface area contributed by atoms with Crippen molar-refractivity contribution >= 4 is 17.6 Å². The maximum Gasteiger partial charge on any atom is 0.271 e. The molecular formula is C11H9N3O3. The van der Waals surface area contributed by atoms with E-state index in [2.05, 4.69) is 10.3 Å². The fourth-order valence-corrected chi connectivity index (χ4v) is 1.86. The van der Waals surface area contributed by atoms with Crippen molar-refractivity contribution in [2.24, 2.45) is 4.99 Å². The van der Waals surface area contributed by atoms with Crippen molar-refractivity contribution < 1.29 is 9.66 Å². The molecule has 2 aliphatic heterocycles. The lowest BCUT2D eigenvalue weighted by molar-refractivity contribution is -0.384. The number of aliphatic imine (C=N–C) groups is 1. The average Bonchev–Trinajstić information content (AvgIpc) is 2.76. The highest BCUT2D eigenvalue weighted by Crippen LogP contribution is 2.37. The lowest BCUT2D eigenvalue weighted by atomic mass is 10.1. The molecule has 0 aromatic heterocycles. The minimum Gasteiger partial charge on any atom is -0.460 e. The SMILES string of the molecule is O=[N+]([O-])c1ccc2c(c1)N=CC1(CC=CN1)O2. The van der Waals surface area contributed by atoms with E-state index >= 15 is 0 Å². The first kappa shape index (κ1) is 9.83. The van der Waals surface area contributed by atoms with E-state index in [1.165, 1.54) is 12.1 Å². The zero-order chi connectivity index (χ0) is 11.9. The number of nitrogens with zero attached hydrogens (tertiary/aromatic N) is 2. The van der Waals surface area contributed by atoms with Crippen molar-refractivity contribution in [1.82, 2.24) is 5.32 Å². The topological polar surface area (TPSA) is 76.8 Å². The molecule has 0 aliphatic carbocycles. The standard InChI is InChI=1S/C11H9N3O3/c15-14(16)8-2-3-10-9(6-8)12-7-11(17-10)4-1-5-13-11/h1-3,5-7,13H,4H2. The lowest BCUT2D eigenvalue weighted by Crippen LogP contribution is -2.47. The molecule has 0 amide bonds. The summed E-state index contributed by atoms with van der Waals surface area (Å²) in [4.78, 5) is 14.4. The summed E-state index contributed by atoms with van der Waals surface area (Å²) in [6.45, 7) is 0. The Morgan fingerprint density at radius 3 is 3.12 bits per heavy atom. The predicted molar refractivity (Wildman–Crippen MR) is 61.5 cm³/mol. The summed E-state index contributed by atoms with van der Waals surface area (Å²) in [5.41, 5.74) is -0.125. The number of fused-ring (bicyclic) bond motifs is 1. The van der Waals surface area contributed by atoms with Crippen LogP contribution < -0.4 is 10.1 Å². The van der Waals surface area contributed by atoms with Gasteiger partial charge >= 0.3 is 0 Å². The molecule has 1 aromatic rings. The van der Waals surface area contributed by atoms with E-state index < -0.39 is 10.6 Å². The minimum atomic E-state index is -0.622. The number of nitro groups is 1. The molecule has 6 nitrogen and oxygen atoms in total. The molecule has 1 atom stereocenters. The summed E-state index contributed by atoms with van der Waals surface area (Å²) >= 11 is 0. The Labute approximate surface area is 96.8 Å². The third-order valence-electron chi connectivity index (χ3n) is 2.72. The molecule has 0 radical (unpaired) electrons. The van der Waals surface area contributed by atoms with Gasteiger partial charge in [0.1, 0.15) is 11.4 Å². The van der Waals surface area contributed by atoms with Gasteiger partial charge in [-0.15, -0.1) is 0 Å². The van der Waals surface area contributed by atoms with Gasteiger partial charge in [-0.05, 0) is 12.3 Å². The Hall–Kier alpha value is -2.37. The molecule has 1 unspecified atom stereocenters. The first-order chi connectivity index (χ1) is 8.19. The highest BCUT2D eigenvalue weighted by molar-refractivity contribution is 5.79. The normalized spacial score (nSPS) is 24.2. The lowest BCUT2D eigenvalue weighted by Gasteiger charge is -2.30. The molecule has 0 saturated carbocycles. The smallest absolute Gasteiger partial charge is 0.271 e. The van der Waals surface area contributed by atoms with Crippen LogP contribution in [0.3, 0.4) is 0 Å². The van der Waals surface area contributed by atoms with Crippen molar-refractivity contribution in [3.63, 3.8) is 0 Å². The number of nitrogens with one attached hydrogen (secondary N) is 1. The number of benzene rings is 1. The first-order valence-corrected chi connectivity index (χ1v) is 5.14. The third-order valence-corrected chi connectivity index (χ3v) is 2.72. The van der Waals surface area contributed by atoms with Crippen LogP contribution in [0.1, 0.15) is 6.42 Å². The molecule has 1 aromatic carbocycles. The largest absolute Gasteiger partial charge is 0.460 e. The predicted octanol–water partition coefficient (Wildman–Crippen LogP) is 1.89. The summed E-state index contributed by atoms with van der Waals surface area (Å²) in [6, 6.07) is 4.39. The van der Waals surface area contributed by atoms with Crippen molar-refractivity contribution in [1.29, 1.82) is 0 Å². The van der Waals surface area contributed by atoms with E-state index in [4.69, 9.17) is 4.74 Å². The Morgan fingerprint density at radius 2 is 2.41 bits per heavy atom. The van der Waals surface area contributed by atoms with E-state index in [1.54, 1.807) is 12.3 Å². The Balaban J connectivity index is 1.97. The number of hydrogen-bond donors (Lipinski definition) is 1. The van der Waals surface area contributed by atoms with Crippen molar-refractivity contribution in [3.8, 4) is 5.75 Å². The number of ether oxygens (including phenoxy) is 1. The molecule has 3 rings (SSSR count). The van der Waals surface area contributed by atoms with Crippen LogP contribution in [-0.4, -0.2) is 16.9 Å². The van der Waals surface area contributed by atoms with E-state index in [0.29, 0.717) is 17.9 Å². The fourth-order valence-electron chi connectivity index (χ4n) is 1.86. The van der Waals surface area contributed by atoms with Gasteiger partial charge in [-0.25, -0.2) is 0 Å². The third kappa shape index (κ3) is 1.54. The Bertz CT molecular complexity index is 543. The molecule has 17 heavy (non-hydrogen) atoms. The van der Waals surface area contributed by atoms with Gasteiger partial charge < -0.3 is 10.1 Å². The van der Waals surface area contributed by atoms with E-state index in [-0.39, 0.29) is 5.69 Å². The summed E-state index contributed by atoms with van der Waals surface area (Å²) in [7, 11) is 0. The van der Waals surface area contributed by atoms with Crippen LogP contribution in [0.4, 0.5) is 11.4 Å². The van der Waals surface area contributed by atoms with Crippen molar-refractivity contribution in [2.45, 2.75) is 12.1 Å². The molecular weight excluding hydrogens is 222 g/mol. The quantitative estimate of drug-likeness (QED) is 0.591. The van der Waals surface area contributed by atoms with Crippen molar-refractivity contribution in [2.75, 3.05) is 0 Å². The fraction of sp³-hybridized carbons (Fsp3) is 0.182. The van der Waals surface area contributed by atoms with Crippen LogP contribution in [-0.2, 0) is 0 Å². The Morgan fingerprint density at radius 1 is 1.53 bits per heavy atom. The summed E-state index contributed by atoms with van der Waals surface area (Å²) in [5.74, 6) is 0.550. The van der Waals surface area contributed by atoms with Gasteiger partial charge in [-0.1, -0.05) is 6.08 Å². The number of rotatable bonds is 1. The Kier molecular flexibility index (Phi) is 1.91. The number of non-ortho nitro benzene ring substituents is 1. The second kappa shape index (κ2) is 3.31. The molecule has 6 heteroatoms. The number of nitro benzene ring substituents is 1. The molecule has 1 N–H and O–H groups in total.